The lowest BCUT2D eigenvalue weighted by molar-refractivity contribution is -0.148. The molecule has 2 rings (SSSR count). The fourth-order valence-electron chi connectivity index (χ4n) is 2.09. The Hall–Kier alpha value is -2.17. The highest BCUT2D eigenvalue weighted by atomic mass is 16.6. The minimum absolute atomic E-state index is 0.128. The van der Waals surface area contributed by atoms with Gasteiger partial charge in [0.05, 0.1) is 17.6 Å². The van der Waals surface area contributed by atoms with Crippen molar-refractivity contribution in [3.63, 3.8) is 0 Å². The molecule has 0 saturated heterocycles. The average molecular weight is 290 g/mol. The summed E-state index contributed by atoms with van der Waals surface area (Å²) in [6, 6.07) is 4.83. The normalized spacial score (nSPS) is 17.3. The minimum atomic E-state index is -1.38. The number of hydrogen-bond acceptors (Lipinski definition) is 5. The number of rotatable bonds is 4. The largest absolute Gasteiger partial charge is 0.490 e. The quantitative estimate of drug-likeness (QED) is 0.629. The molecule has 0 N–H and O–H groups in total. The number of fused-ring (bicyclic) bond motifs is 1. The standard InChI is InChI=1S/C16H18O5/c1-8(2)16(19)21-15-13(17)10-6-5-7-11(20-9(3)4)12(10)14(15)18/h5-9,15H,1-4H3. The number of Topliss-reactive ketones (excluding diaryl/α,β-unsaturated/α-hetero) is 2. The molecule has 1 aliphatic carbocycles. The second kappa shape index (κ2) is 5.68. The van der Waals surface area contributed by atoms with E-state index >= 15 is 0 Å². The van der Waals surface area contributed by atoms with E-state index in [4.69, 9.17) is 9.47 Å². The van der Waals surface area contributed by atoms with E-state index < -0.39 is 29.6 Å². The Bertz CT molecular complexity index is 601. The third kappa shape index (κ3) is 2.82. The van der Waals surface area contributed by atoms with Gasteiger partial charge in [0.15, 0.2) is 0 Å². The Balaban J connectivity index is 2.35. The van der Waals surface area contributed by atoms with Crippen LogP contribution >= 0.6 is 0 Å². The van der Waals surface area contributed by atoms with Crippen LogP contribution in [0.1, 0.15) is 48.4 Å². The number of ether oxygens (including phenoxy) is 2. The van der Waals surface area contributed by atoms with Crippen LogP contribution in [0.4, 0.5) is 0 Å². The van der Waals surface area contributed by atoms with E-state index in [9.17, 15) is 14.4 Å². The summed E-state index contributed by atoms with van der Waals surface area (Å²) in [5.74, 6) is -1.62. The lowest BCUT2D eigenvalue weighted by Gasteiger charge is -2.13. The van der Waals surface area contributed by atoms with Crippen LogP contribution in [0, 0.1) is 5.92 Å². The second-order valence-electron chi connectivity index (χ2n) is 5.55. The number of hydrogen-bond donors (Lipinski definition) is 0. The van der Waals surface area contributed by atoms with Gasteiger partial charge in [0.25, 0.3) is 0 Å². The van der Waals surface area contributed by atoms with Gasteiger partial charge in [0.2, 0.25) is 17.7 Å². The third-order valence-corrected chi connectivity index (χ3v) is 3.08. The molecule has 112 valence electrons. The minimum Gasteiger partial charge on any atom is -0.490 e. The van der Waals surface area contributed by atoms with Gasteiger partial charge in [0.1, 0.15) is 5.75 Å². The SMILES string of the molecule is CC(C)Oc1cccc2c1C(=O)C(OC(=O)C(C)C)C2=O. The molecule has 0 heterocycles. The van der Waals surface area contributed by atoms with Crippen molar-refractivity contribution in [3.05, 3.63) is 29.3 Å². The Morgan fingerprint density at radius 2 is 1.76 bits per heavy atom. The molecule has 0 bridgehead atoms. The van der Waals surface area contributed by atoms with Gasteiger partial charge in [-0.05, 0) is 19.9 Å². The zero-order valence-electron chi connectivity index (χ0n) is 12.5. The van der Waals surface area contributed by atoms with Crippen LogP contribution in [0.2, 0.25) is 0 Å². The lowest BCUT2D eigenvalue weighted by Crippen LogP contribution is -2.30. The van der Waals surface area contributed by atoms with Gasteiger partial charge in [-0.25, -0.2) is 0 Å². The fraction of sp³-hybridized carbons (Fsp3) is 0.438. The van der Waals surface area contributed by atoms with Gasteiger partial charge >= 0.3 is 5.97 Å². The molecule has 1 aliphatic rings. The van der Waals surface area contributed by atoms with E-state index in [0.717, 1.165) is 0 Å². The Morgan fingerprint density at radius 3 is 2.33 bits per heavy atom. The maximum atomic E-state index is 12.4. The highest BCUT2D eigenvalue weighted by Gasteiger charge is 2.43. The highest BCUT2D eigenvalue weighted by molar-refractivity contribution is 6.30. The van der Waals surface area contributed by atoms with Crippen molar-refractivity contribution in [2.24, 2.45) is 5.92 Å². The summed E-state index contributed by atoms with van der Waals surface area (Å²) >= 11 is 0. The maximum Gasteiger partial charge on any atom is 0.309 e. The monoisotopic (exact) mass is 290 g/mol. The number of carbonyl (C=O) groups excluding carboxylic acids is 3. The summed E-state index contributed by atoms with van der Waals surface area (Å²) in [6.45, 7) is 6.95. The van der Waals surface area contributed by atoms with Gasteiger partial charge < -0.3 is 9.47 Å². The van der Waals surface area contributed by atoms with Gasteiger partial charge in [-0.1, -0.05) is 26.0 Å². The van der Waals surface area contributed by atoms with Gasteiger partial charge in [-0.3, -0.25) is 14.4 Å². The highest BCUT2D eigenvalue weighted by Crippen LogP contribution is 2.32. The third-order valence-electron chi connectivity index (χ3n) is 3.08. The summed E-state index contributed by atoms with van der Waals surface area (Å²) < 4.78 is 10.6. The number of esters is 1. The molecular weight excluding hydrogens is 272 g/mol. The molecule has 21 heavy (non-hydrogen) atoms. The summed E-state index contributed by atoms with van der Waals surface area (Å²) in [6.07, 6.45) is -1.51. The number of benzene rings is 1. The second-order valence-corrected chi connectivity index (χ2v) is 5.55. The smallest absolute Gasteiger partial charge is 0.309 e. The van der Waals surface area contributed by atoms with Crippen molar-refractivity contribution >= 4 is 17.5 Å². The fourth-order valence-corrected chi connectivity index (χ4v) is 2.09. The van der Waals surface area contributed by atoms with E-state index in [1.807, 2.05) is 13.8 Å². The zero-order chi connectivity index (χ0) is 15.7. The molecule has 5 nitrogen and oxygen atoms in total. The van der Waals surface area contributed by atoms with Crippen LogP contribution in [-0.4, -0.2) is 29.7 Å². The zero-order valence-corrected chi connectivity index (χ0v) is 12.5. The van der Waals surface area contributed by atoms with Gasteiger partial charge in [0, 0.05) is 5.56 Å². The van der Waals surface area contributed by atoms with Crippen molar-refractivity contribution in [1.82, 2.24) is 0 Å². The molecule has 5 heteroatoms. The van der Waals surface area contributed by atoms with E-state index in [1.165, 1.54) is 0 Å². The molecular formula is C16H18O5. The summed E-state index contributed by atoms with van der Waals surface area (Å²) in [5, 5.41) is 0. The molecule has 0 spiro atoms. The molecule has 1 aromatic carbocycles. The molecule has 1 aromatic rings. The molecule has 0 fully saturated rings. The predicted octanol–water partition coefficient (Wildman–Crippen LogP) is 2.42. The first-order valence-corrected chi connectivity index (χ1v) is 6.91. The van der Waals surface area contributed by atoms with E-state index in [0.29, 0.717) is 5.75 Å². The van der Waals surface area contributed by atoms with Crippen molar-refractivity contribution < 1.29 is 23.9 Å². The van der Waals surface area contributed by atoms with Crippen molar-refractivity contribution in [2.75, 3.05) is 0 Å². The van der Waals surface area contributed by atoms with Crippen LogP contribution in [-0.2, 0) is 9.53 Å². The summed E-state index contributed by atoms with van der Waals surface area (Å²) in [4.78, 5) is 36.3. The first-order valence-electron chi connectivity index (χ1n) is 6.91. The van der Waals surface area contributed by atoms with Crippen molar-refractivity contribution in [2.45, 2.75) is 39.9 Å². The van der Waals surface area contributed by atoms with Crippen LogP contribution in [0.25, 0.3) is 0 Å². The number of carbonyl (C=O) groups is 3. The molecule has 1 unspecified atom stereocenters. The van der Waals surface area contributed by atoms with E-state index in [-0.39, 0.29) is 17.2 Å². The first-order chi connectivity index (χ1) is 9.82. The van der Waals surface area contributed by atoms with E-state index in [2.05, 4.69) is 0 Å². The number of ketones is 2. The van der Waals surface area contributed by atoms with Crippen LogP contribution in [0.15, 0.2) is 18.2 Å². The maximum absolute atomic E-state index is 12.4. The van der Waals surface area contributed by atoms with Crippen molar-refractivity contribution in [1.29, 1.82) is 0 Å². The Labute approximate surface area is 123 Å². The molecule has 0 amide bonds. The summed E-state index contributed by atoms with van der Waals surface area (Å²) in [7, 11) is 0. The molecule has 0 saturated carbocycles. The predicted molar refractivity (Wildman–Crippen MR) is 75.6 cm³/mol. The van der Waals surface area contributed by atoms with Crippen LogP contribution < -0.4 is 4.74 Å². The Morgan fingerprint density at radius 1 is 1.10 bits per heavy atom. The van der Waals surface area contributed by atoms with E-state index in [1.54, 1.807) is 32.0 Å². The first kappa shape index (κ1) is 15.2. The molecule has 0 aliphatic heterocycles. The molecule has 0 radical (unpaired) electrons. The average Bonchev–Trinajstić information content (AvgIpc) is 2.64. The lowest BCUT2D eigenvalue weighted by atomic mass is 10.1. The molecule has 1 atom stereocenters. The Kier molecular flexibility index (Phi) is 4.11. The van der Waals surface area contributed by atoms with Crippen LogP contribution in [0.5, 0.6) is 5.75 Å². The van der Waals surface area contributed by atoms with Crippen LogP contribution in [0.3, 0.4) is 0 Å². The molecule has 0 aromatic heterocycles. The van der Waals surface area contributed by atoms with Gasteiger partial charge in [-0.15, -0.1) is 0 Å². The van der Waals surface area contributed by atoms with Gasteiger partial charge in [-0.2, -0.15) is 0 Å². The summed E-state index contributed by atoms with van der Waals surface area (Å²) in [5.41, 5.74) is 0.456. The topological polar surface area (TPSA) is 69.7 Å². The van der Waals surface area contributed by atoms with Crippen molar-refractivity contribution in [3.8, 4) is 5.75 Å².